The van der Waals surface area contributed by atoms with Gasteiger partial charge in [0, 0.05) is 31.2 Å². The van der Waals surface area contributed by atoms with Gasteiger partial charge in [0.2, 0.25) is 5.91 Å². The second-order valence-corrected chi connectivity index (χ2v) is 10.8. The number of hydrogen-bond donors (Lipinski definition) is 3. The molecule has 1 unspecified atom stereocenters. The summed E-state index contributed by atoms with van der Waals surface area (Å²) in [6, 6.07) is 26.0. The molecule has 1 aliphatic rings. The Hall–Kier alpha value is -3.26. The van der Waals surface area contributed by atoms with Crippen molar-refractivity contribution >= 4 is 69.1 Å². The number of thioether (sulfide) groups is 1. The van der Waals surface area contributed by atoms with Crippen LogP contribution in [0.2, 0.25) is 5.02 Å². The molecule has 4 rings (SSSR count). The molecule has 186 valence electrons. The van der Waals surface area contributed by atoms with Crippen molar-refractivity contribution in [2.24, 2.45) is 0 Å². The van der Waals surface area contributed by atoms with Crippen molar-refractivity contribution < 1.29 is 9.59 Å². The van der Waals surface area contributed by atoms with Crippen LogP contribution in [0.3, 0.4) is 0 Å². The van der Waals surface area contributed by atoms with E-state index < -0.39 is 5.92 Å². The normalized spacial score (nSPS) is 15.0. The number of hydrogen-bond acceptors (Lipinski definition) is 5. The highest BCUT2D eigenvalue weighted by atomic mass is 127. The van der Waals surface area contributed by atoms with Gasteiger partial charge in [-0.15, -0.1) is 0 Å². The first-order valence-corrected chi connectivity index (χ1v) is 13.7. The smallest absolute Gasteiger partial charge is 0.254 e. The molecule has 0 saturated heterocycles. The Balaban J connectivity index is 1.60. The third kappa shape index (κ3) is 6.74. The van der Waals surface area contributed by atoms with Gasteiger partial charge in [-0.1, -0.05) is 53.7 Å². The van der Waals surface area contributed by atoms with Crippen molar-refractivity contribution in [2.75, 3.05) is 16.4 Å². The molecule has 0 saturated carbocycles. The predicted octanol–water partition coefficient (Wildman–Crippen LogP) is 6.65. The van der Waals surface area contributed by atoms with Gasteiger partial charge < -0.3 is 16.0 Å². The van der Waals surface area contributed by atoms with Crippen molar-refractivity contribution in [2.45, 2.75) is 12.8 Å². The topological polar surface area (TPSA) is 94.0 Å². The van der Waals surface area contributed by atoms with E-state index in [0.29, 0.717) is 38.3 Å². The summed E-state index contributed by atoms with van der Waals surface area (Å²) < 4.78 is 1.07. The fourth-order valence-corrected chi connectivity index (χ4v) is 5.28. The molecule has 0 bridgehead atoms. The van der Waals surface area contributed by atoms with Crippen molar-refractivity contribution in [1.82, 2.24) is 5.32 Å². The van der Waals surface area contributed by atoms with E-state index in [1.807, 2.05) is 54.6 Å². The van der Waals surface area contributed by atoms with Crippen LogP contribution in [0.5, 0.6) is 0 Å². The predicted molar refractivity (Wildman–Crippen MR) is 158 cm³/mol. The number of dihydropyridines is 1. The summed E-state index contributed by atoms with van der Waals surface area (Å²) in [7, 11) is 0. The average Bonchev–Trinajstić information content (AvgIpc) is 2.90. The van der Waals surface area contributed by atoms with Crippen molar-refractivity contribution in [3.63, 3.8) is 0 Å². The fraction of sp³-hybridized carbons (Fsp3) is 0.107. The number of rotatable bonds is 7. The second-order valence-electron chi connectivity index (χ2n) is 8.17. The van der Waals surface area contributed by atoms with Crippen LogP contribution in [-0.2, 0) is 9.59 Å². The maximum atomic E-state index is 13.5. The van der Waals surface area contributed by atoms with Crippen molar-refractivity contribution in [1.29, 1.82) is 5.26 Å². The van der Waals surface area contributed by atoms with Crippen LogP contribution in [-0.4, -0.2) is 17.6 Å². The van der Waals surface area contributed by atoms with Crippen molar-refractivity contribution in [3.8, 4) is 6.07 Å². The Morgan fingerprint density at radius 2 is 1.62 bits per heavy atom. The van der Waals surface area contributed by atoms with Crippen LogP contribution >= 0.6 is 46.0 Å². The minimum atomic E-state index is -0.596. The molecular weight excluding hydrogens is 619 g/mol. The third-order valence-corrected chi connectivity index (χ3v) is 7.59. The van der Waals surface area contributed by atoms with Gasteiger partial charge in [-0.25, -0.2) is 0 Å². The van der Waals surface area contributed by atoms with E-state index in [9.17, 15) is 14.9 Å². The number of nitriles is 1. The number of benzene rings is 3. The Labute approximate surface area is 238 Å². The molecule has 3 N–H and O–H groups in total. The number of carbonyl (C=O) groups excluding carboxylic acids is 2. The average molecular weight is 641 g/mol. The molecule has 2 amide bonds. The lowest BCUT2D eigenvalue weighted by Crippen LogP contribution is -2.31. The molecule has 1 heterocycles. The van der Waals surface area contributed by atoms with Gasteiger partial charge >= 0.3 is 0 Å². The minimum absolute atomic E-state index is 0.0978. The third-order valence-electron chi connectivity index (χ3n) is 5.60. The first kappa shape index (κ1) is 26.8. The lowest BCUT2D eigenvalue weighted by molar-refractivity contribution is -0.114. The Kier molecular flexibility index (Phi) is 8.92. The van der Waals surface area contributed by atoms with Crippen LogP contribution < -0.4 is 16.0 Å². The van der Waals surface area contributed by atoms with E-state index in [4.69, 9.17) is 11.6 Å². The zero-order chi connectivity index (χ0) is 26.4. The van der Waals surface area contributed by atoms with Gasteiger partial charge in [0.05, 0.1) is 28.3 Å². The molecule has 1 atom stereocenters. The Morgan fingerprint density at radius 3 is 2.27 bits per heavy atom. The summed E-state index contributed by atoms with van der Waals surface area (Å²) in [6.45, 7) is 1.80. The summed E-state index contributed by atoms with van der Waals surface area (Å²) in [5.74, 6) is -1.02. The first-order valence-electron chi connectivity index (χ1n) is 11.3. The summed E-state index contributed by atoms with van der Waals surface area (Å²) in [6.07, 6.45) is 0. The standard InChI is InChI=1S/C28H22ClIN4O2S/c1-17-25(27(36)34-22-11-7-19(29)8-12-22)26(18-5-3-2-4-6-18)23(15-31)28(32-17)37-16-24(35)33-21-13-9-20(30)10-14-21/h2-14,26,32H,16H2,1H3,(H,33,35)(H,34,36). The largest absolute Gasteiger partial charge is 0.353 e. The van der Waals surface area contributed by atoms with E-state index in [1.54, 1.807) is 31.2 Å². The quantitative estimate of drug-likeness (QED) is 0.252. The molecule has 0 aliphatic carbocycles. The van der Waals surface area contributed by atoms with Crippen molar-refractivity contribution in [3.05, 3.63) is 115 Å². The molecule has 6 nitrogen and oxygen atoms in total. The van der Waals surface area contributed by atoms with Gasteiger partial charge in [-0.2, -0.15) is 5.26 Å². The van der Waals surface area contributed by atoms with Gasteiger partial charge in [-0.3, -0.25) is 9.59 Å². The number of carbonyl (C=O) groups is 2. The van der Waals surface area contributed by atoms with Gasteiger partial charge in [0.15, 0.2) is 0 Å². The summed E-state index contributed by atoms with van der Waals surface area (Å²) in [5.41, 5.74) is 3.53. The number of halogens is 2. The minimum Gasteiger partial charge on any atom is -0.353 e. The first-order chi connectivity index (χ1) is 17.9. The van der Waals surface area contributed by atoms with Crippen LogP contribution in [0.15, 0.2) is 101 Å². The van der Waals surface area contributed by atoms with Gasteiger partial charge in [0.25, 0.3) is 5.91 Å². The summed E-state index contributed by atoms with van der Waals surface area (Å²) >= 11 is 9.41. The van der Waals surface area contributed by atoms with E-state index in [-0.39, 0.29) is 17.6 Å². The van der Waals surface area contributed by atoms with E-state index in [1.165, 1.54) is 11.8 Å². The molecule has 0 aromatic heterocycles. The monoisotopic (exact) mass is 640 g/mol. The highest BCUT2D eigenvalue weighted by Crippen LogP contribution is 2.41. The number of nitrogens with one attached hydrogen (secondary N) is 3. The summed E-state index contributed by atoms with van der Waals surface area (Å²) in [5, 5.41) is 20.3. The molecular formula is C28H22ClIN4O2S. The maximum Gasteiger partial charge on any atom is 0.254 e. The molecule has 0 spiro atoms. The van der Waals surface area contributed by atoms with Crippen LogP contribution in [0.25, 0.3) is 0 Å². The lowest BCUT2D eigenvalue weighted by Gasteiger charge is -2.30. The molecule has 37 heavy (non-hydrogen) atoms. The second kappa shape index (κ2) is 12.3. The molecule has 3 aromatic carbocycles. The Bertz CT molecular complexity index is 1420. The summed E-state index contributed by atoms with van der Waals surface area (Å²) in [4.78, 5) is 26.1. The van der Waals surface area contributed by atoms with Crippen LogP contribution in [0, 0.1) is 14.9 Å². The van der Waals surface area contributed by atoms with Crippen LogP contribution in [0.4, 0.5) is 11.4 Å². The fourth-order valence-electron chi connectivity index (χ4n) is 3.91. The lowest BCUT2D eigenvalue weighted by atomic mass is 9.82. The highest BCUT2D eigenvalue weighted by molar-refractivity contribution is 14.1. The zero-order valence-electron chi connectivity index (χ0n) is 19.7. The maximum absolute atomic E-state index is 13.5. The number of amides is 2. The number of anilines is 2. The molecule has 0 radical (unpaired) electrons. The van der Waals surface area contributed by atoms with E-state index >= 15 is 0 Å². The molecule has 3 aromatic rings. The Morgan fingerprint density at radius 1 is 1.00 bits per heavy atom. The number of nitrogens with zero attached hydrogens (tertiary/aromatic N) is 1. The SMILES string of the molecule is CC1=C(C(=O)Nc2ccc(Cl)cc2)C(c2ccccc2)C(C#N)=C(SCC(=O)Nc2ccc(I)cc2)N1. The molecule has 0 fully saturated rings. The molecule has 1 aliphatic heterocycles. The zero-order valence-corrected chi connectivity index (χ0v) is 23.4. The van der Waals surface area contributed by atoms with Gasteiger partial charge in [-0.05, 0) is 83.6 Å². The highest BCUT2D eigenvalue weighted by Gasteiger charge is 2.34. The number of allylic oxidation sites excluding steroid dienone is 2. The van der Waals surface area contributed by atoms with E-state index in [0.717, 1.165) is 9.13 Å². The van der Waals surface area contributed by atoms with Crippen LogP contribution in [0.1, 0.15) is 18.4 Å². The molecule has 9 heteroatoms. The van der Waals surface area contributed by atoms with Gasteiger partial charge in [0.1, 0.15) is 0 Å². The van der Waals surface area contributed by atoms with E-state index in [2.05, 4.69) is 44.6 Å².